The van der Waals surface area contributed by atoms with Crippen LogP contribution in [0.2, 0.25) is 0 Å². The molecule has 0 amide bonds. The van der Waals surface area contributed by atoms with Gasteiger partial charge in [0.25, 0.3) is 0 Å². The van der Waals surface area contributed by atoms with Gasteiger partial charge in [-0.2, -0.15) is 0 Å². The predicted molar refractivity (Wildman–Crippen MR) is 83.4 cm³/mol. The summed E-state index contributed by atoms with van der Waals surface area (Å²) in [6, 6.07) is 0. The molecule has 1 saturated carbocycles. The number of hydrogen-bond donors (Lipinski definition) is 0. The fourth-order valence-electron chi connectivity index (χ4n) is 3.39. The quantitative estimate of drug-likeness (QED) is 0.543. The topological polar surface area (TPSA) is 9.23 Å². The Labute approximate surface area is 122 Å². The third kappa shape index (κ3) is 4.52. The summed E-state index contributed by atoms with van der Waals surface area (Å²) in [6.07, 6.45) is 11.2. The van der Waals surface area contributed by atoms with Crippen molar-refractivity contribution in [1.82, 2.24) is 0 Å². The highest BCUT2D eigenvalue weighted by molar-refractivity contribution is 9.09. The van der Waals surface area contributed by atoms with Gasteiger partial charge in [0.05, 0.1) is 0 Å². The minimum Gasteiger partial charge on any atom is -0.385 e. The van der Waals surface area contributed by atoms with E-state index < -0.39 is 0 Å². The maximum absolute atomic E-state index is 5.25. The van der Waals surface area contributed by atoms with E-state index in [4.69, 9.17) is 4.74 Å². The first-order chi connectivity index (χ1) is 8.68. The Morgan fingerprint density at radius 1 is 1.33 bits per heavy atom. The molecule has 0 aliphatic heterocycles. The molecular formula is C16H31BrO. The van der Waals surface area contributed by atoms with E-state index in [1.165, 1.54) is 56.7 Å². The molecule has 0 N–H and O–H groups in total. The molecule has 0 bridgehead atoms. The van der Waals surface area contributed by atoms with E-state index in [1.807, 2.05) is 7.11 Å². The van der Waals surface area contributed by atoms with Crippen LogP contribution in [0, 0.1) is 17.3 Å². The van der Waals surface area contributed by atoms with Gasteiger partial charge in [-0.25, -0.2) is 0 Å². The van der Waals surface area contributed by atoms with Crippen LogP contribution in [0.15, 0.2) is 0 Å². The third-order valence-electron chi connectivity index (χ3n) is 5.13. The first kappa shape index (κ1) is 16.5. The average molecular weight is 319 g/mol. The van der Waals surface area contributed by atoms with E-state index in [0.29, 0.717) is 5.41 Å². The first-order valence-electron chi connectivity index (χ1n) is 7.73. The van der Waals surface area contributed by atoms with Gasteiger partial charge in [-0.3, -0.25) is 0 Å². The smallest absolute Gasteiger partial charge is 0.0465 e. The summed E-state index contributed by atoms with van der Waals surface area (Å²) in [6.45, 7) is 5.64. The Balaban J connectivity index is 2.43. The van der Waals surface area contributed by atoms with Gasteiger partial charge in [0.1, 0.15) is 0 Å². The molecule has 1 fully saturated rings. The minimum absolute atomic E-state index is 0.543. The predicted octanol–water partition coefficient (Wildman–Crippen LogP) is 5.42. The van der Waals surface area contributed by atoms with Crippen LogP contribution < -0.4 is 0 Å². The molecule has 1 nitrogen and oxygen atoms in total. The van der Waals surface area contributed by atoms with Crippen molar-refractivity contribution >= 4 is 15.9 Å². The van der Waals surface area contributed by atoms with Gasteiger partial charge in [0.2, 0.25) is 0 Å². The highest BCUT2D eigenvalue weighted by Crippen LogP contribution is 2.47. The summed E-state index contributed by atoms with van der Waals surface area (Å²) in [7, 11) is 1.81. The zero-order chi connectivity index (χ0) is 13.4. The van der Waals surface area contributed by atoms with E-state index in [-0.39, 0.29) is 0 Å². The van der Waals surface area contributed by atoms with Crippen molar-refractivity contribution in [1.29, 1.82) is 0 Å². The number of rotatable bonds is 8. The number of hydrogen-bond acceptors (Lipinski definition) is 1. The highest BCUT2D eigenvalue weighted by Gasteiger charge is 2.38. The molecule has 18 heavy (non-hydrogen) atoms. The molecule has 0 heterocycles. The lowest BCUT2D eigenvalue weighted by atomic mass is 9.64. The third-order valence-corrected chi connectivity index (χ3v) is 6.25. The minimum atomic E-state index is 0.543. The normalized spacial score (nSPS) is 30.3. The van der Waals surface area contributed by atoms with Crippen LogP contribution in [0.5, 0.6) is 0 Å². The van der Waals surface area contributed by atoms with Crippen LogP contribution >= 0.6 is 15.9 Å². The molecule has 0 aromatic heterocycles. The lowest BCUT2D eigenvalue weighted by Crippen LogP contribution is -2.36. The molecular weight excluding hydrogens is 288 g/mol. The van der Waals surface area contributed by atoms with Gasteiger partial charge in [0, 0.05) is 19.0 Å². The molecule has 0 radical (unpaired) electrons. The second kappa shape index (κ2) is 8.58. The van der Waals surface area contributed by atoms with Crippen LogP contribution in [0.3, 0.4) is 0 Å². The van der Waals surface area contributed by atoms with Crippen molar-refractivity contribution in [3.8, 4) is 0 Å². The second-order valence-electron chi connectivity index (χ2n) is 6.26. The Morgan fingerprint density at radius 2 is 2.00 bits per heavy atom. The summed E-state index contributed by atoms with van der Waals surface area (Å²) in [5.74, 6) is 1.79. The van der Waals surface area contributed by atoms with Crippen molar-refractivity contribution in [2.45, 2.75) is 65.2 Å². The van der Waals surface area contributed by atoms with E-state index >= 15 is 0 Å². The molecule has 1 atom stereocenters. The van der Waals surface area contributed by atoms with Crippen LogP contribution in [-0.4, -0.2) is 19.0 Å². The number of ether oxygens (including phenoxy) is 1. The maximum Gasteiger partial charge on any atom is 0.0465 e. The number of methoxy groups -OCH3 is 1. The average Bonchev–Trinajstić information content (AvgIpc) is 2.43. The molecule has 1 aliphatic carbocycles. The molecule has 0 saturated heterocycles. The Bertz CT molecular complexity index is 209. The summed E-state index contributed by atoms with van der Waals surface area (Å²) >= 11 is 3.79. The Morgan fingerprint density at radius 3 is 2.50 bits per heavy atom. The zero-order valence-electron chi connectivity index (χ0n) is 12.5. The Kier molecular flexibility index (Phi) is 7.86. The summed E-state index contributed by atoms with van der Waals surface area (Å²) < 4.78 is 5.25. The van der Waals surface area contributed by atoms with Crippen molar-refractivity contribution in [3.05, 3.63) is 0 Å². The molecule has 1 aliphatic rings. The molecule has 0 spiro atoms. The lowest BCUT2D eigenvalue weighted by Gasteiger charge is -2.43. The van der Waals surface area contributed by atoms with Gasteiger partial charge >= 0.3 is 0 Å². The van der Waals surface area contributed by atoms with Crippen LogP contribution in [0.25, 0.3) is 0 Å². The van der Waals surface area contributed by atoms with Gasteiger partial charge in [-0.15, -0.1) is 0 Å². The number of halogens is 1. The van der Waals surface area contributed by atoms with Crippen molar-refractivity contribution in [2.75, 3.05) is 19.0 Å². The van der Waals surface area contributed by atoms with E-state index in [9.17, 15) is 0 Å². The van der Waals surface area contributed by atoms with Gasteiger partial charge in [-0.05, 0) is 49.4 Å². The lowest BCUT2D eigenvalue weighted by molar-refractivity contribution is 0.0769. The molecule has 1 rings (SSSR count). The van der Waals surface area contributed by atoms with E-state index in [0.717, 1.165) is 18.4 Å². The summed E-state index contributed by atoms with van der Waals surface area (Å²) in [5, 5.41) is 1.17. The van der Waals surface area contributed by atoms with E-state index in [1.54, 1.807) is 0 Å². The monoisotopic (exact) mass is 318 g/mol. The fourth-order valence-corrected chi connectivity index (χ4v) is 4.51. The summed E-state index contributed by atoms with van der Waals surface area (Å²) in [4.78, 5) is 0. The van der Waals surface area contributed by atoms with Crippen molar-refractivity contribution in [3.63, 3.8) is 0 Å². The largest absolute Gasteiger partial charge is 0.385 e. The molecule has 1 unspecified atom stereocenters. The maximum atomic E-state index is 5.25. The van der Waals surface area contributed by atoms with Gasteiger partial charge in [0.15, 0.2) is 0 Å². The number of alkyl halides is 1. The zero-order valence-corrected chi connectivity index (χ0v) is 14.1. The van der Waals surface area contributed by atoms with Crippen molar-refractivity contribution < 1.29 is 4.74 Å². The fraction of sp³-hybridized carbons (Fsp3) is 1.00. The summed E-state index contributed by atoms with van der Waals surface area (Å²) in [5.41, 5.74) is 0.543. The molecule has 2 heteroatoms. The molecule has 108 valence electrons. The first-order valence-corrected chi connectivity index (χ1v) is 8.85. The van der Waals surface area contributed by atoms with Crippen molar-refractivity contribution in [2.24, 2.45) is 17.3 Å². The van der Waals surface area contributed by atoms with Gasteiger partial charge < -0.3 is 4.74 Å². The molecule has 0 aromatic rings. The van der Waals surface area contributed by atoms with E-state index in [2.05, 4.69) is 29.8 Å². The SMILES string of the molecule is CCCCC1CCC(CBr)(C(C)CCOC)CC1. The standard InChI is InChI=1S/C16H31BrO/c1-4-5-6-15-7-10-16(13-17,11-8-15)14(2)9-12-18-3/h14-15H,4-13H2,1-3H3. The number of unbranched alkanes of at least 4 members (excludes halogenated alkanes) is 1. The highest BCUT2D eigenvalue weighted by atomic mass is 79.9. The van der Waals surface area contributed by atoms with Gasteiger partial charge in [-0.1, -0.05) is 49.0 Å². The Hall–Kier alpha value is 0.440. The second-order valence-corrected chi connectivity index (χ2v) is 6.82. The van der Waals surface area contributed by atoms with Crippen LogP contribution in [0.1, 0.15) is 65.2 Å². The molecule has 0 aromatic carbocycles. The van der Waals surface area contributed by atoms with Crippen LogP contribution in [0.4, 0.5) is 0 Å². The van der Waals surface area contributed by atoms with Crippen LogP contribution in [-0.2, 0) is 4.74 Å².